The van der Waals surface area contributed by atoms with E-state index in [4.69, 9.17) is 57.5 Å². The zero-order valence-electron chi connectivity index (χ0n) is 43.0. The number of carbonyl (C=O) groups is 2. The third-order valence-corrected chi connectivity index (χ3v) is 34.8. The van der Waals surface area contributed by atoms with E-state index in [-0.39, 0.29) is 19.2 Å². The second kappa shape index (κ2) is 28.4. The van der Waals surface area contributed by atoms with Gasteiger partial charge in [-0.1, -0.05) is 65.7 Å². The highest BCUT2D eigenvalue weighted by Gasteiger charge is 2.35. The van der Waals surface area contributed by atoms with Crippen LogP contribution in [-0.2, 0) is 136 Å². The molecule has 30 heteroatoms. The number of anilines is 2. The molecule has 16 nitrogen and oxygen atoms in total. The van der Waals surface area contributed by atoms with Gasteiger partial charge in [0.25, 0.3) is 0 Å². The zero-order chi connectivity index (χ0) is 56.6. The van der Waals surface area contributed by atoms with Crippen molar-refractivity contribution in [2.24, 2.45) is 0 Å². The van der Waals surface area contributed by atoms with Crippen molar-refractivity contribution in [1.29, 1.82) is 0 Å². The number of ether oxygens (including phenoxy) is 2. The number of aromatic amines is 2. The molecular weight excluding hydrogens is 1300 g/mol. The quantitative estimate of drug-likeness (QED) is 0.118. The largest absolute Gasteiger partial charge is 0.496 e. The number of rotatable bonds is 5. The zero-order valence-corrected chi connectivity index (χ0v) is 54.4. The highest BCUT2D eigenvalue weighted by Crippen LogP contribution is 2.44. The number of para-hydroxylation sites is 2. The molecule has 0 saturated heterocycles. The van der Waals surface area contributed by atoms with Crippen LogP contribution in [-0.4, -0.2) is 66.3 Å². The van der Waals surface area contributed by atoms with Crippen LogP contribution < -0.4 is 20.1 Å². The number of aromatic nitrogens is 8. The lowest BCUT2D eigenvalue weighted by atomic mass is 9.93. The summed E-state index contributed by atoms with van der Waals surface area (Å²) in [4.78, 5) is 48.6. The molecular formula is C51H47ClN10O6S13. The summed E-state index contributed by atoms with van der Waals surface area (Å²) in [5.74, 6) is 3.57. The van der Waals surface area contributed by atoms with Crippen LogP contribution in [0.25, 0.3) is 66.1 Å². The standard InChI is InChI=1S/C25H21N5O3.C17H15ClN4O2.C8H7NO.CH4.S13/c1-11-20(12(2)33-30-11)16-9-18-15(10-19(16)32-4)21-23(26-13(3)27-24(21)28-18)22-14-7-5-6-8-17(14)29-25(22)31;1-7-14(8(2)24-22-7)11-5-12-10(6-13(11)23-4)15-16(18)19-9(3)20-17(15)21-12;10-8-5-6-3-1-2-4-7(6)9-8;;1-3-5-7-9-11-13-12-10-8-6-4-2/h5-10,22H,1-4H3,(H,29,31)(H,26,27,28);5-6H,1-4H3,(H,19,20,21);1-4H,5H2,(H,9,10);1H4;. The Hall–Kier alpha value is -5.25. The molecule has 4 N–H and O–H groups in total. The van der Waals surface area contributed by atoms with Gasteiger partial charge in [-0.2, -0.15) is 0 Å². The number of methoxy groups -OCH3 is 2. The molecule has 0 fully saturated rings. The van der Waals surface area contributed by atoms with Crippen LogP contribution in [0.2, 0.25) is 5.15 Å². The van der Waals surface area contributed by atoms with E-state index in [1.807, 2.05) is 114 Å². The minimum Gasteiger partial charge on any atom is -0.496 e. The van der Waals surface area contributed by atoms with E-state index in [0.29, 0.717) is 46.0 Å². The van der Waals surface area contributed by atoms with Crippen molar-refractivity contribution in [1.82, 2.24) is 40.2 Å². The molecule has 8 heterocycles. The van der Waals surface area contributed by atoms with Gasteiger partial charge in [0.15, 0.2) is 0 Å². The number of nitrogens with one attached hydrogen (secondary N) is 4. The molecule has 2 aliphatic rings. The van der Waals surface area contributed by atoms with Crippen molar-refractivity contribution < 1.29 is 28.1 Å². The Kier molecular flexibility index (Phi) is 21.6. The van der Waals surface area contributed by atoms with E-state index >= 15 is 0 Å². The molecule has 1 atom stereocenters. The lowest BCUT2D eigenvalue weighted by Gasteiger charge is -2.12. The summed E-state index contributed by atoms with van der Waals surface area (Å²) >= 11 is 15.7. The van der Waals surface area contributed by atoms with E-state index in [2.05, 4.69) is 45.9 Å². The first-order valence-electron chi connectivity index (χ1n) is 23.4. The second-order valence-electron chi connectivity index (χ2n) is 17.1. The number of benzene rings is 4. The third-order valence-electron chi connectivity index (χ3n) is 12.3. The number of carbonyl (C=O) groups excluding carboxylic acids is 2. The van der Waals surface area contributed by atoms with Crippen molar-refractivity contribution in [3.8, 4) is 33.8 Å². The van der Waals surface area contributed by atoms with Gasteiger partial charge in [-0.25, -0.2) is 19.9 Å². The monoisotopic (exact) mass is 1350 g/mol. The third kappa shape index (κ3) is 13.9. The SMILES string of the molecule is C.COc1cc2c(cc1-c1c(C)noc1C)[nH]c1nc(C)nc(C3C(=O)Nc4ccccc43)c12.COc1cc2c(cc1-c1c(C)noc1C)[nH]c1nc(C)nc(Cl)c12.O=C1Cc2ccccc2N1.S=S=S=S=S=S=S=S=S=S=S=S=S. The Morgan fingerprint density at radius 1 is 0.605 bits per heavy atom. The number of nitrogens with zero attached hydrogens (tertiary/aromatic N) is 6. The number of hydrogen-bond donors (Lipinski definition) is 4. The van der Waals surface area contributed by atoms with Gasteiger partial charge in [0.1, 0.15) is 57.0 Å². The fourth-order valence-corrected chi connectivity index (χ4v) is 34.3. The van der Waals surface area contributed by atoms with Gasteiger partial charge in [0, 0.05) is 170 Å². The summed E-state index contributed by atoms with van der Waals surface area (Å²) in [6, 6.07) is 23.4. The van der Waals surface area contributed by atoms with Crippen LogP contribution in [0.1, 0.15) is 64.7 Å². The molecule has 10 aromatic rings. The molecule has 0 spiro atoms. The van der Waals surface area contributed by atoms with Gasteiger partial charge in [0.05, 0.1) is 54.2 Å². The molecule has 6 aromatic heterocycles. The maximum atomic E-state index is 13.0. The number of amides is 2. The summed E-state index contributed by atoms with van der Waals surface area (Å²) in [6.45, 7) is 11.2. The molecule has 0 radical (unpaired) electrons. The predicted octanol–water partition coefficient (Wildman–Crippen LogP) is 10.9. The van der Waals surface area contributed by atoms with Crippen LogP contribution in [0.4, 0.5) is 11.4 Å². The van der Waals surface area contributed by atoms with Crippen molar-refractivity contribution in [2.45, 2.75) is 61.3 Å². The Morgan fingerprint density at radius 3 is 1.59 bits per heavy atom. The average Bonchev–Trinajstić information content (AvgIpc) is 3.36. The van der Waals surface area contributed by atoms with Crippen molar-refractivity contribution in [2.75, 3.05) is 24.9 Å². The number of hydrogen-bond acceptors (Lipinski definition) is 14. The summed E-state index contributed by atoms with van der Waals surface area (Å²) in [5.41, 5.74) is 12.9. The highest BCUT2D eigenvalue weighted by molar-refractivity contribution is 8.75. The number of halogens is 1. The van der Waals surface area contributed by atoms with Gasteiger partial charge in [0.2, 0.25) is 11.8 Å². The van der Waals surface area contributed by atoms with Crippen LogP contribution in [0.3, 0.4) is 0 Å². The van der Waals surface area contributed by atoms with Crippen LogP contribution >= 0.6 is 11.6 Å². The molecule has 0 aliphatic carbocycles. The van der Waals surface area contributed by atoms with Gasteiger partial charge in [-0.05, 0) is 89.1 Å². The Bertz CT molecular complexity index is 4550. The number of H-pyrrole nitrogens is 2. The molecule has 0 saturated carbocycles. The molecule has 1 unspecified atom stereocenters. The molecule has 81 heavy (non-hydrogen) atoms. The molecule has 2 aliphatic heterocycles. The highest BCUT2D eigenvalue weighted by atomic mass is 35.5. The fourth-order valence-electron chi connectivity index (χ4n) is 9.27. The van der Waals surface area contributed by atoms with Gasteiger partial charge >= 0.3 is 0 Å². The topological polar surface area (TPSA) is 212 Å². The summed E-state index contributed by atoms with van der Waals surface area (Å²) in [5, 5.41) is 17.7. The van der Waals surface area contributed by atoms with E-state index in [1.165, 1.54) is 17.8 Å². The van der Waals surface area contributed by atoms with Gasteiger partial charge in [-0.3, -0.25) is 9.59 Å². The van der Waals surface area contributed by atoms with Crippen LogP contribution in [0, 0.1) is 41.5 Å². The molecule has 0 bridgehead atoms. The molecule has 4 aromatic carbocycles. The fraction of sp³-hybridized carbons (Fsp3) is 0.216. The minimum absolute atomic E-state index is 0. The maximum absolute atomic E-state index is 13.0. The second-order valence-corrected chi connectivity index (χ2v) is 37.0. The Morgan fingerprint density at radius 2 is 1.09 bits per heavy atom. The maximum Gasteiger partial charge on any atom is 0.238 e. The van der Waals surface area contributed by atoms with E-state index in [1.54, 1.807) is 94.1 Å². The molecule has 12 rings (SSSR count). The van der Waals surface area contributed by atoms with E-state index in [9.17, 15) is 9.59 Å². The normalized spacial score (nSPS) is 12.6. The van der Waals surface area contributed by atoms with Crippen molar-refractivity contribution in [3.05, 3.63) is 129 Å². The van der Waals surface area contributed by atoms with Gasteiger partial charge in [-0.15, -0.1) is 0 Å². The first-order chi connectivity index (χ1) is 38.7. The first-order valence-corrected chi connectivity index (χ1v) is 39.7. The summed E-state index contributed by atoms with van der Waals surface area (Å²) < 4.78 is 22.1. The van der Waals surface area contributed by atoms with Crippen LogP contribution in [0.15, 0.2) is 81.8 Å². The molecule has 2 amide bonds. The number of aryl methyl sites for hydroxylation is 6. The molecule has 422 valence electrons. The predicted molar refractivity (Wildman–Crippen MR) is 358 cm³/mol. The minimum atomic E-state index is -0.516. The summed E-state index contributed by atoms with van der Waals surface area (Å²) in [6.07, 6.45) is 0.538. The van der Waals surface area contributed by atoms with Crippen LogP contribution in [0.5, 0.6) is 11.5 Å². The van der Waals surface area contributed by atoms with Crippen molar-refractivity contribution >= 4 is 199 Å². The summed E-state index contributed by atoms with van der Waals surface area (Å²) in [7, 11) is 21.4. The van der Waals surface area contributed by atoms with E-state index in [0.717, 1.165) is 106 Å². The Balaban J connectivity index is 0.000000156. The lowest BCUT2D eigenvalue weighted by Crippen LogP contribution is -2.15. The average molecular weight is 1350 g/mol. The number of fused-ring (bicyclic) bond motifs is 8. The Labute approximate surface area is 510 Å². The van der Waals surface area contributed by atoms with E-state index < -0.39 is 5.92 Å². The first kappa shape index (κ1) is 61.8. The van der Waals surface area contributed by atoms with Crippen molar-refractivity contribution in [3.63, 3.8) is 0 Å². The lowest BCUT2D eigenvalue weighted by molar-refractivity contribution is -0.116. The van der Waals surface area contributed by atoms with Gasteiger partial charge < -0.3 is 39.1 Å². The smallest absolute Gasteiger partial charge is 0.238 e.